The molecule has 2 N–H and O–H groups in total. The summed E-state index contributed by atoms with van der Waals surface area (Å²) in [5, 5.41) is 4.01. The Bertz CT molecular complexity index is 730. The van der Waals surface area contributed by atoms with Crippen molar-refractivity contribution in [2.24, 2.45) is 0 Å². The molecule has 100 valence electrons. The molecule has 0 spiro atoms. The van der Waals surface area contributed by atoms with Crippen molar-refractivity contribution < 1.29 is 4.52 Å². The van der Waals surface area contributed by atoms with Gasteiger partial charge in [-0.15, -0.1) is 0 Å². The van der Waals surface area contributed by atoms with Gasteiger partial charge in [0.15, 0.2) is 0 Å². The standard InChI is InChI=1S/C15H12BrN3O/c1-9-6-11(8-12(16)7-9)15-18-14(19-20-15)10-2-4-13(17)5-3-10/h2-8H,17H2,1H3. The molecular weight excluding hydrogens is 318 g/mol. The van der Waals surface area contributed by atoms with E-state index < -0.39 is 0 Å². The van der Waals surface area contributed by atoms with Crippen molar-refractivity contribution in [2.45, 2.75) is 6.92 Å². The zero-order valence-electron chi connectivity index (χ0n) is 10.8. The SMILES string of the molecule is Cc1cc(Br)cc(-c2nc(-c3ccc(N)cc3)no2)c1. The molecule has 1 aromatic heterocycles. The largest absolute Gasteiger partial charge is 0.399 e. The van der Waals surface area contributed by atoms with E-state index in [4.69, 9.17) is 10.3 Å². The fourth-order valence-corrected chi connectivity index (χ4v) is 2.56. The summed E-state index contributed by atoms with van der Waals surface area (Å²) in [7, 11) is 0. The Kier molecular flexibility index (Phi) is 3.28. The maximum Gasteiger partial charge on any atom is 0.258 e. The summed E-state index contributed by atoms with van der Waals surface area (Å²) in [5.41, 5.74) is 9.27. The zero-order chi connectivity index (χ0) is 14.1. The highest BCUT2D eigenvalue weighted by atomic mass is 79.9. The Labute approximate surface area is 124 Å². The van der Waals surface area contributed by atoms with Crippen molar-refractivity contribution in [2.75, 3.05) is 5.73 Å². The molecule has 3 aromatic rings. The van der Waals surface area contributed by atoms with Gasteiger partial charge in [-0.1, -0.05) is 21.1 Å². The highest BCUT2D eigenvalue weighted by Crippen LogP contribution is 2.26. The van der Waals surface area contributed by atoms with Crippen molar-refractivity contribution >= 4 is 21.6 Å². The van der Waals surface area contributed by atoms with E-state index in [0.717, 1.165) is 21.2 Å². The number of aromatic nitrogens is 2. The van der Waals surface area contributed by atoms with Crippen LogP contribution in [0.15, 0.2) is 51.5 Å². The van der Waals surface area contributed by atoms with E-state index in [0.29, 0.717) is 17.4 Å². The van der Waals surface area contributed by atoms with Crippen LogP contribution in [-0.4, -0.2) is 10.1 Å². The average Bonchev–Trinajstić information content (AvgIpc) is 2.88. The number of hydrogen-bond acceptors (Lipinski definition) is 4. The van der Waals surface area contributed by atoms with E-state index in [1.165, 1.54) is 0 Å². The Morgan fingerprint density at radius 2 is 1.80 bits per heavy atom. The van der Waals surface area contributed by atoms with Gasteiger partial charge in [0.2, 0.25) is 5.82 Å². The second kappa shape index (κ2) is 5.09. The number of nitrogen functional groups attached to an aromatic ring is 1. The van der Waals surface area contributed by atoms with Crippen LogP contribution in [0.3, 0.4) is 0 Å². The molecule has 0 aliphatic carbocycles. The summed E-state index contributed by atoms with van der Waals surface area (Å²) < 4.78 is 6.32. The van der Waals surface area contributed by atoms with Gasteiger partial charge in [0.25, 0.3) is 5.89 Å². The number of hydrogen-bond donors (Lipinski definition) is 1. The first-order valence-corrected chi connectivity index (χ1v) is 6.88. The molecule has 3 rings (SSSR count). The highest BCUT2D eigenvalue weighted by molar-refractivity contribution is 9.10. The lowest BCUT2D eigenvalue weighted by Crippen LogP contribution is -1.85. The Morgan fingerprint density at radius 3 is 2.50 bits per heavy atom. The van der Waals surface area contributed by atoms with Crippen LogP contribution < -0.4 is 5.73 Å². The molecule has 0 saturated heterocycles. The Hall–Kier alpha value is -2.14. The highest BCUT2D eigenvalue weighted by Gasteiger charge is 2.11. The molecule has 0 radical (unpaired) electrons. The van der Waals surface area contributed by atoms with E-state index in [2.05, 4.69) is 26.1 Å². The van der Waals surface area contributed by atoms with Crippen molar-refractivity contribution in [1.82, 2.24) is 10.1 Å². The molecular formula is C15H12BrN3O. The number of rotatable bonds is 2. The van der Waals surface area contributed by atoms with Crippen molar-refractivity contribution in [1.29, 1.82) is 0 Å². The van der Waals surface area contributed by atoms with Gasteiger partial charge in [-0.25, -0.2) is 0 Å². The number of anilines is 1. The predicted molar refractivity (Wildman–Crippen MR) is 82.0 cm³/mol. The molecule has 1 heterocycles. The topological polar surface area (TPSA) is 64.9 Å². The molecule has 0 aliphatic heterocycles. The molecule has 0 fully saturated rings. The van der Waals surface area contributed by atoms with E-state index >= 15 is 0 Å². The third-order valence-electron chi connectivity index (χ3n) is 2.88. The number of aryl methyl sites for hydroxylation is 1. The molecule has 0 aliphatic rings. The summed E-state index contributed by atoms with van der Waals surface area (Å²) in [6.07, 6.45) is 0. The molecule has 4 nitrogen and oxygen atoms in total. The first kappa shape index (κ1) is 12.9. The summed E-state index contributed by atoms with van der Waals surface area (Å²) in [6.45, 7) is 2.02. The maximum atomic E-state index is 5.66. The third kappa shape index (κ3) is 2.58. The number of halogens is 1. The van der Waals surface area contributed by atoms with Gasteiger partial charge in [0.05, 0.1) is 0 Å². The van der Waals surface area contributed by atoms with Crippen LogP contribution in [0.2, 0.25) is 0 Å². The van der Waals surface area contributed by atoms with Gasteiger partial charge in [0, 0.05) is 21.3 Å². The predicted octanol–water partition coefficient (Wildman–Crippen LogP) is 4.06. The Balaban J connectivity index is 1.99. The number of benzene rings is 2. The van der Waals surface area contributed by atoms with Crippen LogP contribution in [0.1, 0.15) is 5.56 Å². The summed E-state index contributed by atoms with van der Waals surface area (Å²) in [6, 6.07) is 13.4. The summed E-state index contributed by atoms with van der Waals surface area (Å²) in [5.74, 6) is 1.05. The van der Waals surface area contributed by atoms with Gasteiger partial charge in [0.1, 0.15) is 0 Å². The normalized spacial score (nSPS) is 10.7. The van der Waals surface area contributed by atoms with Crippen molar-refractivity contribution in [3.05, 3.63) is 52.5 Å². The minimum atomic E-state index is 0.501. The fraction of sp³-hybridized carbons (Fsp3) is 0.0667. The maximum absolute atomic E-state index is 5.66. The van der Waals surface area contributed by atoms with Crippen LogP contribution >= 0.6 is 15.9 Å². The van der Waals surface area contributed by atoms with E-state index in [9.17, 15) is 0 Å². The second-order valence-corrected chi connectivity index (χ2v) is 5.48. The van der Waals surface area contributed by atoms with Gasteiger partial charge < -0.3 is 10.3 Å². The van der Waals surface area contributed by atoms with Gasteiger partial charge >= 0.3 is 0 Å². The third-order valence-corrected chi connectivity index (χ3v) is 3.34. The minimum absolute atomic E-state index is 0.501. The van der Waals surface area contributed by atoms with E-state index in [1.54, 1.807) is 0 Å². The first-order valence-electron chi connectivity index (χ1n) is 6.09. The first-order chi connectivity index (χ1) is 9.61. The summed E-state index contributed by atoms with van der Waals surface area (Å²) >= 11 is 3.47. The van der Waals surface area contributed by atoms with E-state index in [1.807, 2.05) is 49.4 Å². The molecule has 0 unspecified atom stereocenters. The monoisotopic (exact) mass is 329 g/mol. The van der Waals surface area contributed by atoms with Crippen LogP contribution in [0, 0.1) is 6.92 Å². The molecule has 20 heavy (non-hydrogen) atoms. The zero-order valence-corrected chi connectivity index (χ0v) is 12.4. The van der Waals surface area contributed by atoms with Crippen molar-refractivity contribution in [3.8, 4) is 22.8 Å². The van der Waals surface area contributed by atoms with E-state index in [-0.39, 0.29) is 0 Å². The van der Waals surface area contributed by atoms with Crippen molar-refractivity contribution in [3.63, 3.8) is 0 Å². The Morgan fingerprint density at radius 1 is 1.05 bits per heavy atom. The van der Waals surface area contributed by atoms with Crippen LogP contribution in [0.4, 0.5) is 5.69 Å². The van der Waals surface area contributed by atoms with Crippen LogP contribution in [0.25, 0.3) is 22.8 Å². The second-order valence-electron chi connectivity index (χ2n) is 4.56. The lowest BCUT2D eigenvalue weighted by molar-refractivity contribution is 0.432. The lowest BCUT2D eigenvalue weighted by atomic mass is 10.1. The fourth-order valence-electron chi connectivity index (χ4n) is 1.95. The molecule has 5 heteroatoms. The molecule has 0 saturated carbocycles. The average molecular weight is 330 g/mol. The minimum Gasteiger partial charge on any atom is -0.399 e. The van der Waals surface area contributed by atoms with Crippen LogP contribution in [-0.2, 0) is 0 Å². The van der Waals surface area contributed by atoms with Gasteiger partial charge in [-0.2, -0.15) is 4.98 Å². The van der Waals surface area contributed by atoms with Gasteiger partial charge in [-0.3, -0.25) is 0 Å². The van der Waals surface area contributed by atoms with Gasteiger partial charge in [-0.05, 0) is 55.0 Å². The molecule has 0 amide bonds. The lowest BCUT2D eigenvalue weighted by Gasteiger charge is -1.98. The number of nitrogens with two attached hydrogens (primary N) is 1. The smallest absolute Gasteiger partial charge is 0.258 e. The quantitative estimate of drug-likeness (QED) is 0.720. The molecule has 0 bridgehead atoms. The molecule has 0 atom stereocenters. The summed E-state index contributed by atoms with van der Waals surface area (Å²) in [4.78, 5) is 4.42. The molecule has 2 aromatic carbocycles. The number of nitrogens with zero attached hydrogens (tertiary/aromatic N) is 2. The van der Waals surface area contributed by atoms with Crippen LogP contribution in [0.5, 0.6) is 0 Å².